The van der Waals surface area contributed by atoms with Crippen molar-refractivity contribution in [2.24, 2.45) is 0 Å². The Morgan fingerprint density at radius 1 is 1.11 bits per heavy atom. The number of aromatic nitrogens is 4. The van der Waals surface area contributed by atoms with Gasteiger partial charge in [-0.1, -0.05) is 48.7 Å². The second-order valence-electron chi connectivity index (χ2n) is 7.86. The van der Waals surface area contributed by atoms with Gasteiger partial charge in [0.25, 0.3) is 0 Å². The van der Waals surface area contributed by atoms with Crippen LogP contribution in [0.1, 0.15) is 54.7 Å². The number of benzene rings is 1. The summed E-state index contributed by atoms with van der Waals surface area (Å²) in [4.78, 5) is 5.00. The Bertz CT molecular complexity index is 738. The summed E-state index contributed by atoms with van der Waals surface area (Å²) in [6.45, 7) is 11.1. The number of hydrogen-bond acceptors (Lipinski definition) is 5. The molecule has 1 aliphatic heterocycles. The molecule has 27 heavy (non-hydrogen) atoms. The molecule has 0 spiro atoms. The highest BCUT2D eigenvalue weighted by Crippen LogP contribution is 2.34. The Labute approximate surface area is 161 Å². The lowest BCUT2D eigenvalue weighted by Gasteiger charge is -2.38. The zero-order valence-electron chi connectivity index (χ0n) is 16.3. The molecular weight excluding hydrogens is 336 g/mol. The number of rotatable bonds is 6. The molecule has 0 radical (unpaired) electrons. The highest BCUT2D eigenvalue weighted by Gasteiger charge is 2.32. The van der Waals surface area contributed by atoms with Crippen LogP contribution in [0.4, 0.5) is 0 Å². The average molecular weight is 367 g/mol. The summed E-state index contributed by atoms with van der Waals surface area (Å²) < 4.78 is 2.12. The Kier molecular flexibility index (Phi) is 5.64. The van der Waals surface area contributed by atoms with Gasteiger partial charge < -0.3 is 0 Å². The van der Waals surface area contributed by atoms with E-state index < -0.39 is 0 Å². The summed E-state index contributed by atoms with van der Waals surface area (Å²) >= 11 is 0. The molecule has 2 aromatic rings. The molecule has 0 N–H and O–H groups in total. The molecule has 1 saturated carbocycles. The molecule has 1 aromatic heterocycles. The van der Waals surface area contributed by atoms with Gasteiger partial charge >= 0.3 is 0 Å². The first-order valence-corrected chi connectivity index (χ1v) is 10.2. The number of tetrazole rings is 1. The van der Waals surface area contributed by atoms with E-state index in [2.05, 4.69) is 67.8 Å². The molecule has 2 heterocycles. The van der Waals surface area contributed by atoms with E-state index in [1.165, 1.54) is 36.8 Å². The minimum absolute atomic E-state index is 0.118. The van der Waals surface area contributed by atoms with Gasteiger partial charge in [-0.05, 0) is 35.8 Å². The maximum Gasteiger partial charge on any atom is 0.173 e. The lowest BCUT2D eigenvalue weighted by Crippen LogP contribution is -2.48. The predicted octanol–water partition coefficient (Wildman–Crippen LogP) is 2.99. The van der Waals surface area contributed by atoms with Gasteiger partial charge in [-0.15, -0.1) is 11.7 Å². The third-order valence-corrected chi connectivity index (χ3v) is 5.99. The fourth-order valence-electron chi connectivity index (χ4n) is 4.45. The van der Waals surface area contributed by atoms with Crippen LogP contribution in [0.2, 0.25) is 0 Å². The van der Waals surface area contributed by atoms with E-state index in [1.807, 2.05) is 6.08 Å². The Morgan fingerprint density at radius 2 is 1.81 bits per heavy atom. The molecule has 0 amide bonds. The smallest absolute Gasteiger partial charge is 0.173 e. The van der Waals surface area contributed by atoms with Gasteiger partial charge in [0.15, 0.2) is 5.82 Å². The zero-order chi connectivity index (χ0) is 18.6. The van der Waals surface area contributed by atoms with E-state index in [9.17, 15) is 0 Å². The third kappa shape index (κ3) is 3.96. The maximum absolute atomic E-state index is 4.52. The summed E-state index contributed by atoms with van der Waals surface area (Å²) in [5, 5.41) is 13.0. The van der Waals surface area contributed by atoms with Crippen molar-refractivity contribution in [1.82, 2.24) is 30.0 Å². The fraction of sp³-hybridized carbons (Fsp3) is 0.571. The molecule has 2 aliphatic rings. The molecule has 6 nitrogen and oxygen atoms in total. The highest BCUT2D eigenvalue weighted by atomic mass is 15.6. The molecule has 1 aliphatic carbocycles. The van der Waals surface area contributed by atoms with Crippen molar-refractivity contribution in [3.05, 3.63) is 53.9 Å². The van der Waals surface area contributed by atoms with Crippen LogP contribution in [0, 0.1) is 6.92 Å². The number of nitrogens with zero attached hydrogens (tertiary/aromatic N) is 6. The SMILES string of the molecule is C=CCN1CCN(C(c2ccc(C)cc2)c2nnnn2C2CCCC2)CC1. The fourth-order valence-corrected chi connectivity index (χ4v) is 4.45. The van der Waals surface area contributed by atoms with Crippen LogP contribution < -0.4 is 0 Å². The normalized spacial score (nSPS) is 20.8. The maximum atomic E-state index is 4.52. The van der Waals surface area contributed by atoms with Crippen LogP contribution in [-0.2, 0) is 0 Å². The van der Waals surface area contributed by atoms with Gasteiger partial charge in [0, 0.05) is 32.7 Å². The highest BCUT2D eigenvalue weighted by molar-refractivity contribution is 5.28. The minimum atomic E-state index is 0.118. The molecule has 0 bridgehead atoms. The number of aryl methyl sites for hydroxylation is 1. The molecule has 6 heteroatoms. The van der Waals surface area contributed by atoms with Crippen molar-refractivity contribution >= 4 is 0 Å². The summed E-state index contributed by atoms with van der Waals surface area (Å²) in [5.74, 6) is 1.00. The van der Waals surface area contributed by atoms with Gasteiger partial charge in [-0.2, -0.15) is 0 Å². The Hall–Kier alpha value is -2.05. The zero-order valence-corrected chi connectivity index (χ0v) is 16.3. The van der Waals surface area contributed by atoms with Gasteiger partial charge in [0.1, 0.15) is 0 Å². The molecule has 1 atom stereocenters. The van der Waals surface area contributed by atoms with E-state index in [4.69, 9.17) is 0 Å². The van der Waals surface area contributed by atoms with E-state index in [0.717, 1.165) is 38.5 Å². The molecule has 144 valence electrons. The summed E-state index contributed by atoms with van der Waals surface area (Å²) in [5.41, 5.74) is 2.57. The van der Waals surface area contributed by atoms with E-state index in [0.29, 0.717) is 6.04 Å². The van der Waals surface area contributed by atoms with E-state index in [-0.39, 0.29) is 6.04 Å². The van der Waals surface area contributed by atoms with Crippen molar-refractivity contribution in [2.45, 2.75) is 44.7 Å². The van der Waals surface area contributed by atoms with Crippen molar-refractivity contribution in [1.29, 1.82) is 0 Å². The summed E-state index contributed by atoms with van der Waals surface area (Å²) in [7, 11) is 0. The van der Waals surface area contributed by atoms with Crippen molar-refractivity contribution in [3.8, 4) is 0 Å². The van der Waals surface area contributed by atoms with Crippen molar-refractivity contribution in [2.75, 3.05) is 32.7 Å². The van der Waals surface area contributed by atoms with Gasteiger partial charge in [-0.3, -0.25) is 9.80 Å². The van der Waals surface area contributed by atoms with Crippen LogP contribution in [0.3, 0.4) is 0 Å². The Morgan fingerprint density at radius 3 is 2.48 bits per heavy atom. The lowest BCUT2D eigenvalue weighted by atomic mass is 10.0. The summed E-state index contributed by atoms with van der Waals surface area (Å²) in [6, 6.07) is 9.44. The van der Waals surface area contributed by atoms with Crippen LogP contribution in [0.5, 0.6) is 0 Å². The molecule has 2 fully saturated rings. The van der Waals surface area contributed by atoms with Crippen LogP contribution in [0.15, 0.2) is 36.9 Å². The Balaban J connectivity index is 1.64. The minimum Gasteiger partial charge on any atom is -0.297 e. The van der Waals surface area contributed by atoms with Crippen LogP contribution in [-0.4, -0.2) is 62.7 Å². The summed E-state index contributed by atoms with van der Waals surface area (Å²) in [6.07, 6.45) is 6.92. The topological polar surface area (TPSA) is 50.1 Å². The van der Waals surface area contributed by atoms with E-state index in [1.54, 1.807) is 0 Å². The third-order valence-electron chi connectivity index (χ3n) is 5.99. The van der Waals surface area contributed by atoms with Gasteiger partial charge in [-0.25, -0.2) is 4.68 Å². The lowest BCUT2D eigenvalue weighted by molar-refractivity contribution is 0.111. The largest absolute Gasteiger partial charge is 0.297 e. The second kappa shape index (κ2) is 8.31. The van der Waals surface area contributed by atoms with Crippen molar-refractivity contribution in [3.63, 3.8) is 0 Å². The number of hydrogen-bond donors (Lipinski definition) is 0. The molecule has 1 saturated heterocycles. The molecule has 1 unspecified atom stereocenters. The second-order valence-corrected chi connectivity index (χ2v) is 7.86. The first-order valence-electron chi connectivity index (χ1n) is 10.2. The first kappa shape index (κ1) is 18.3. The monoisotopic (exact) mass is 366 g/mol. The first-order chi connectivity index (χ1) is 13.3. The van der Waals surface area contributed by atoms with Crippen molar-refractivity contribution < 1.29 is 0 Å². The van der Waals surface area contributed by atoms with Gasteiger partial charge in [0.05, 0.1) is 12.1 Å². The van der Waals surface area contributed by atoms with E-state index >= 15 is 0 Å². The predicted molar refractivity (Wildman–Crippen MR) is 107 cm³/mol. The molecule has 4 rings (SSSR count). The van der Waals surface area contributed by atoms with Crippen LogP contribution >= 0.6 is 0 Å². The van der Waals surface area contributed by atoms with Crippen LogP contribution in [0.25, 0.3) is 0 Å². The average Bonchev–Trinajstić information content (AvgIpc) is 3.37. The van der Waals surface area contributed by atoms with Gasteiger partial charge in [0.2, 0.25) is 0 Å². The molecular formula is C21H30N6. The number of piperazine rings is 1. The molecule has 1 aromatic carbocycles. The standard InChI is InChI=1S/C21H30N6/c1-3-12-25-13-15-26(16-14-25)20(18-10-8-17(2)9-11-18)21-22-23-24-27(21)19-6-4-5-7-19/h3,8-11,19-20H,1,4-7,12-16H2,2H3. The quantitative estimate of drug-likeness (QED) is 0.736.